The van der Waals surface area contributed by atoms with Gasteiger partial charge in [0.15, 0.2) is 0 Å². The third kappa shape index (κ3) is 3.23. The maximum absolute atomic E-state index is 6.24. The molecule has 1 unspecified atom stereocenters. The van der Waals surface area contributed by atoms with Gasteiger partial charge in [-0.1, -0.05) is 41.4 Å². The number of nitrogens with two attached hydrogens (primary N) is 1. The fourth-order valence-electron chi connectivity index (χ4n) is 2.34. The summed E-state index contributed by atoms with van der Waals surface area (Å²) < 4.78 is 1.25. The van der Waals surface area contributed by atoms with E-state index in [2.05, 4.69) is 23.6 Å². The molecule has 0 spiro atoms. The highest BCUT2D eigenvalue weighted by Gasteiger charge is 2.15. The third-order valence-electron chi connectivity index (χ3n) is 3.42. The molecular formula is C16H14Cl2N2S. The molecule has 3 N–H and O–H groups in total. The Morgan fingerprint density at radius 2 is 1.90 bits per heavy atom. The summed E-state index contributed by atoms with van der Waals surface area (Å²) in [5.74, 6) is 5.74. The number of fused-ring (bicyclic) bond motifs is 1. The number of benzene rings is 2. The Labute approximate surface area is 137 Å². The molecule has 2 nitrogen and oxygen atoms in total. The molecule has 0 fully saturated rings. The van der Waals surface area contributed by atoms with Crippen LogP contribution in [0.5, 0.6) is 0 Å². The van der Waals surface area contributed by atoms with Crippen molar-refractivity contribution in [2.24, 2.45) is 5.84 Å². The van der Waals surface area contributed by atoms with E-state index in [9.17, 15) is 0 Å². The van der Waals surface area contributed by atoms with Crippen LogP contribution in [-0.2, 0) is 6.42 Å². The first-order chi connectivity index (χ1) is 10.2. The number of hydrazine groups is 1. The Morgan fingerprint density at radius 3 is 2.67 bits per heavy atom. The molecule has 0 amide bonds. The summed E-state index contributed by atoms with van der Waals surface area (Å²) in [6, 6.07) is 16.0. The predicted octanol–water partition coefficient (Wildman–Crippen LogP) is 4.96. The van der Waals surface area contributed by atoms with E-state index < -0.39 is 0 Å². The molecule has 5 heteroatoms. The lowest BCUT2D eigenvalue weighted by atomic mass is 10.0. The van der Waals surface area contributed by atoms with Crippen molar-refractivity contribution in [1.29, 1.82) is 0 Å². The van der Waals surface area contributed by atoms with E-state index in [1.165, 1.54) is 15.0 Å². The van der Waals surface area contributed by atoms with Crippen LogP contribution in [0.3, 0.4) is 0 Å². The van der Waals surface area contributed by atoms with Crippen LogP contribution in [0, 0.1) is 0 Å². The molecule has 1 atom stereocenters. The standard InChI is InChI=1S/C16H14Cl2N2S/c17-12-5-6-13(18)11(7-12)8-14(20-19)16-9-10-3-1-2-4-15(10)21-16/h1-7,9,14,20H,8,19H2. The molecule has 0 radical (unpaired) electrons. The minimum Gasteiger partial charge on any atom is -0.271 e. The highest BCUT2D eigenvalue weighted by molar-refractivity contribution is 7.19. The van der Waals surface area contributed by atoms with E-state index in [-0.39, 0.29) is 6.04 Å². The van der Waals surface area contributed by atoms with Gasteiger partial charge in [-0.05, 0) is 47.7 Å². The second-order valence-electron chi connectivity index (χ2n) is 4.85. The highest BCUT2D eigenvalue weighted by Crippen LogP contribution is 2.32. The van der Waals surface area contributed by atoms with Gasteiger partial charge in [0, 0.05) is 19.6 Å². The SMILES string of the molecule is NNC(Cc1cc(Cl)ccc1Cl)c1cc2ccccc2s1. The second-order valence-corrected chi connectivity index (χ2v) is 6.80. The van der Waals surface area contributed by atoms with Crippen LogP contribution in [-0.4, -0.2) is 0 Å². The van der Waals surface area contributed by atoms with Crippen molar-refractivity contribution in [3.63, 3.8) is 0 Å². The average molecular weight is 337 g/mol. The number of rotatable bonds is 4. The maximum atomic E-state index is 6.24. The summed E-state index contributed by atoms with van der Waals surface area (Å²) >= 11 is 14.0. The van der Waals surface area contributed by atoms with Crippen LogP contribution in [0.15, 0.2) is 48.5 Å². The van der Waals surface area contributed by atoms with Gasteiger partial charge in [-0.25, -0.2) is 0 Å². The molecule has 0 saturated carbocycles. The van der Waals surface area contributed by atoms with Crippen molar-refractivity contribution in [2.45, 2.75) is 12.5 Å². The van der Waals surface area contributed by atoms with E-state index in [1.807, 2.05) is 24.3 Å². The largest absolute Gasteiger partial charge is 0.271 e. The molecular weight excluding hydrogens is 323 g/mol. The summed E-state index contributed by atoms with van der Waals surface area (Å²) in [7, 11) is 0. The summed E-state index contributed by atoms with van der Waals surface area (Å²) in [4.78, 5) is 1.19. The van der Waals surface area contributed by atoms with Crippen LogP contribution in [0.1, 0.15) is 16.5 Å². The van der Waals surface area contributed by atoms with Gasteiger partial charge in [0.05, 0.1) is 6.04 Å². The van der Waals surface area contributed by atoms with Crippen LogP contribution < -0.4 is 11.3 Å². The first kappa shape index (κ1) is 14.8. The van der Waals surface area contributed by atoms with E-state index in [0.717, 1.165) is 5.56 Å². The zero-order valence-electron chi connectivity index (χ0n) is 11.1. The van der Waals surface area contributed by atoms with E-state index in [0.29, 0.717) is 16.5 Å². The molecule has 3 rings (SSSR count). The van der Waals surface area contributed by atoms with E-state index in [1.54, 1.807) is 17.4 Å². The zero-order valence-corrected chi connectivity index (χ0v) is 13.5. The molecule has 108 valence electrons. The molecule has 2 aromatic carbocycles. The van der Waals surface area contributed by atoms with Gasteiger partial charge >= 0.3 is 0 Å². The minimum atomic E-state index is 0.0124. The molecule has 3 aromatic rings. The van der Waals surface area contributed by atoms with Gasteiger partial charge < -0.3 is 0 Å². The average Bonchev–Trinajstić information content (AvgIpc) is 2.91. The number of thiophene rings is 1. The van der Waals surface area contributed by atoms with Crippen molar-refractivity contribution in [1.82, 2.24) is 5.43 Å². The third-order valence-corrected chi connectivity index (χ3v) is 5.25. The van der Waals surface area contributed by atoms with Crippen molar-refractivity contribution in [3.05, 3.63) is 69.0 Å². The van der Waals surface area contributed by atoms with Crippen LogP contribution in [0.4, 0.5) is 0 Å². The molecule has 1 heterocycles. The molecule has 0 aliphatic heterocycles. The number of halogens is 2. The van der Waals surface area contributed by atoms with Gasteiger partial charge in [0.25, 0.3) is 0 Å². The smallest absolute Gasteiger partial charge is 0.0594 e. The Hall–Kier alpha value is -1.10. The lowest BCUT2D eigenvalue weighted by Gasteiger charge is -2.15. The predicted molar refractivity (Wildman–Crippen MR) is 92.1 cm³/mol. The lowest BCUT2D eigenvalue weighted by Crippen LogP contribution is -2.29. The van der Waals surface area contributed by atoms with Crippen LogP contribution >= 0.6 is 34.5 Å². The number of hydrogen-bond donors (Lipinski definition) is 2. The van der Waals surface area contributed by atoms with E-state index >= 15 is 0 Å². The molecule has 0 saturated heterocycles. The Kier molecular flexibility index (Phi) is 4.48. The fourth-order valence-corrected chi connectivity index (χ4v) is 3.85. The van der Waals surface area contributed by atoms with Gasteiger partial charge in [0.1, 0.15) is 0 Å². The van der Waals surface area contributed by atoms with Crippen molar-refractivity contribution >= 4 is 44.6 Å². The second kappa shape index (κ2) is 6.34. The number of nitrogens with one attached hydrogen (secondary N) is 1. The van der Waals surface area contributed by atoms with Gasteiger partial charge in [0.2, 0.25) is 0 Å². The summed E-state index contributed by atoms with van der Waals surface area (Å²) in [5.41, 5.74) is 3.87. The number of hydrogen-bond acceptors (Lipinski definition) is 3. The van der Waals surface area contributed by atoms with E-state index in [4.69, 9.17) is 29.0 Å². The highest BCUT2D eigenvalue weighted by atomic mass is 35.5. The topological polar surface area (TPSA) is 38.0 Å². The first-order valence-corrected chi connectivity index (χ1v) is 8.13. The Morgan fingerprint density at radius 1 is 1.10 bits per heavy atom. The lowest BCUT2D eigenvalue weighted by molar-refractivity contribution is 0.561. The molecule has 0 aliphatic rings. The van der Waals surface area contributed by atoms with Crippen molar-refractivity contribution in [2.75, 3.05) is 0 Å². The molecule has 1 aromatic heterocycles. The Bertz CT molecular complexity index is 737. The van der Waals surface area contributed by atoms with Crippen molar-refractivity contribution < 1.29 is 0 Å². The Balaban J connectivity index is 1.92. The van der Waals surface area contributed by atoms with Gasteiger partial charge in [-0.2, -0.15) is 0 Å². The molecule has 21 heavy (non-hydrogen) atoms. The minimum absolute atomic E-state index is 0.0124. The summed E-state index contributed by atoms with van der Waals surface area (Å²) in [5, 5.41) is 2.62. The first-order valence-electron chi connectivity index (χ1n) is 6.56. The normalized spacial score (nSPS) is 12.7. The van der Waals surface area contributed by atoms with Gasteiger partial charge in [-0.3, -0.25) is 11.3 Å². The van der Waals surface area contributed by atoms with Crippen molar-refractivity contribution in [3.8, 4) is 0 Å². The van der Waals surface area contributed by atoms with Gasteiger partial charge in [-0.15, -0.1) is 11.3 Å². The van der Waals surface area contributed by atoms with Crippen LogP contribution in [0.2, 0.25) is 10.0 Å². The summed E-state index contributed by atoms with van der Waals surface area (Å²) in [6.45, 7) is 0. The maximum Gasteiger partial charge on any atom is 0.0594 e. The quantitative estimate of drug-likeness (QED) is 0.522. The molecule has 0 aliphatic carbocycles. The summed E-state index contributed by atoms with van der Waals surface area (Å²) in [6.07, 6.45) is 0.697. The monoisotopic (exact) mass is 336 g/mol. The van der Waals surface area contributed by atoms with Crippen LogP contribution in [0.25, 0.3) is 10.1 Å². The fraction of sp³-hybridized carbons (Fsp3) is 0.125. The molecule has 0 bridgehead atoms. The zero-order chi connectivity index (χ0) is 14.8.